The van der Waals surface area contributed by atoms with E-state index in [4.69, 9.17) is 4.84 Å². The standard InChI is InChI=1S/C8H11BrN3O2S.K/c1-10-4-5-11-6(7(9)15-5)8(13)12(2)14-3;/h4,11H,1-3H3;/q-1;+1/b5-4+;. The summed E-state index contributed by atoms with van der Waals surface area (Å²) in [5, 5.41) is 8.76. The van der Waals surface area contributed by atoms with Crippen molar-refractivity contribution >= 4 is 33.6 Å². The number of hydroxylamine groups is 2. The molecule has 16 heavy (non-hydrogen) atoms. The van der Waals surface area contributed by atoms with Crippen LogP contribution >= 0.6 is 27.7 Å². The Labute approximate surface area is 150 Å². The molecule has 0 aromatic heterocycles. The van der Waals surface area contributed by atoms with E-state index in [1.54, 1.807) is 20.3 Å². The zero-order valence-corrected chi connectivity index (χ0v) is 15.1. The van der Waals surface area contributed by atoms with Crippen LogP contribution in [0, 0.1) is 0 Å². The van der Waals surface area contributed by atoms with Crippen molar-refractivity contribution in [1.29, 1.82) is 0 Å². The topological polar surface area (TPSA) is 55.7 Å². The fourth-order valence-electron chi connectivity index (χ4n) is 0.899. The number of thioether (sulfide) groups is 1. The maximum atomic E-state index is 11.7. The average molecular weight is 332 g/mol. The van der Waals surface area contributed by atoms with Gasteiger partial charge < -0.3 is 10.6 Å². The molecule has 0 bridgehead atoms. The molecule has 0 atom stereocenters. The van der Waals surface area contributed by atoms with Gasteiger partial charge in [0, 0.05) is 7.05 Å². The third-order valence-electron chi connectivity index (χ3n) is 1.66. The van der Waals surface area contributed by atoms with Crippen molar-refractivity contribution in [1.82, 2.24) is 10.4 Å². The van der Waals surface area contributed by atoms with Gasteiger partial charge in [-0.1, -0.05) is 11.8 Å². The monoisotopic (exact) mass is 331 g/mol. The molecule has 0 radical (unpaired) electrons. The van der Waals surface area contributed by atoms with Crippen molar-refractivity contribution < 1.29 is 61.0 Å². The van der Waals surface area contributed by atoms with Crippen molar-refractivity contribution in [2.24, 2.45) is 0 Å². The molecule has 8 heteroatoms. The molecule has 0 spiro atoms. The number of amides is 1. The van der Waals surface area contributed by atoms with Gasteiger partial charge >= 0.3 is 51.4 Å². The quantitative estimate of drug-likeness (QED) is 0.516. The van der Waals surface area contributed by atoms with Gasteiger partial charge in [0.15, 0.2) is 0 Å². The minimum atomic E-state index is -0.239. The largest absolute Gasteiger partial charge is 1.00 e. The summed E-state index contributed by atoms with van der Waals surface area (Å²) in [6.45, 7) is 0. The summed E-state index contributed by atoms with van der Waals surface area (Å²) in [6.07, 6.45) is 1.65. The van der Waals surface area contributed by atoms with Crippen molar-refractivity contribution in [2.75, 3.05) is 21.2 Å². The van der Waals surface area contributed by atoms with E-state index in [2.05, 4.69) is 26.6 Å². The van der Waals surface area contributed by atoms with Crippen molar-refractivity contribution in [3.05, 3.63) is 26.1 Å². The zero-order valence-electron chi connectivity index (χ0n) is 9.57. The van der Waals surface area contributed by atoms with Gasteiger partial charge in [-0.3, -0.25) is 9.63 Å². The molecule has 0 aromatic carbocycles. The Morgan fingerprint density at radius 1 is 1.69 bits per heavy atom. The summed E-state index contributed by atoms with van der Waals surface area (Å²) >= 11 is 4.71. The minimum absolute atomic E-state index is 0. The molecule has 0 aromatic rings. The second-order valence-corrected chi connectivity index (χ2v) is 4.98. The van der Waals surface area contributed by atoms with E-state index in [0.29, 0.717) is 5.70 Å². The Kier molecular flexibility index (Phi) is 8.64. The average Bonchev–Trinajstić information content (AvgIpc) is 2.58. The predicted octanol–water partition coefficient (Wildman–Crippen LogP) is -1.29. The van der Waals surface area contributed by atoms with Crippen LogP contribution < -0.4 is 56.7 Å². The second-order valence-electron chi connectivity index (χ2n) is 2.61. The van der Waals surface area contributed by atoms with Crippen molar-refractivity contribution in [3.8, 4) is 0 Å². The second kappa shape index (κ2) is 8.14. The SMILES string of the molecule is C[N-]/C=C1\NC(C(=O)N(C)OC)=C(Br)S1.[K+]. The number of carbonyl (C=O) groups excluding carboxylic acids is 1. The van der Waals surface area contributed by atoms with Crippen LogP contribution in [-0.4, -0.2) is 32.2 Å². The van der Waals surface area contributed by atoms with Crippen LogP contribution in [0.1, 0.15) is 0 Å². The zero-order chi connectivity index (χ0) is 11.4. The number of hydrogen-bond acceptors (Lipinski definition) is 4. The summed E-state index contributed by atoms with van der Waals surface area (Å²) in [5.74, 6) is -0.239. The number of carbonyl (C=O) groups is 1. The molecular formula is C8H11BrKN3O2S. The summed E-state index contributed by atoms with van der Waals surface area (Å²) in [6, 6.07) is 0. The van der Waals surface area contributed by atoms with Gasteiger partial charge in [-0.05, 0) is 15.9 Å². The van der Waals surface area contributed by atoms with Gasteiger partial charge in [-0.2, -0.15) is 0 Å². The van der Waals surface area contributed by atoms with Gasteiger partial charge in [0.1, 0.15) is 5.70 Å². The molecular weight excluding hydrogens is 321 g/mol. The fraction of sp³-hybridized carbons (Fsp3) is 0.375. The molecule has 1 aliphatic rings. The number of rotatable bonds is 3. The van der Waals surface area contributed by atoms with E-state index < -0.39 is 0 Å². The van der Waals surface area contributed by atoms with Crippen LogP contribution in [0.25, 0.3) is 5.32 Å². The van der Waals surface area contributed by atoms with Crippen LogP contribution in [-0.2, 0) is 9.63 Å². The first-order chi connectivity index (χ1) is 7.10. The molecule has 0 unspecified atom stereocenters. The maximum Gasteiger partial charge on any atom is 1.00 e. The van der Waals surface area contributed by atoms with E-state index in [9.17, 15) is 4.79 Å². The number of nitrogens with one attached hydrogen (secondary N) is 1. The van der Waals surface area contributed by atoms with E-state index in [1.165, 1.54) is 18.9 Å². The van der Waals surface area contributed by atoms with Gasteiger partial charge in [-0.15, -0.1) is 13.2 Å². The molecule has 1 heterocycles. The van der Waals surface area contributed by atoms with E-state index in [0.717, 1.165) is 13.9 Å². The Hall–Kier alpha value is 0.976. The molecule has 0 fully saturated rings. The summed E-state index contributed by atoms with van der Waals surface area (Å²) in [4.78, 5) is 16.5. The predicted molar refractivity (Wildman–Crippen MR) is 63.8 cm³/mol. The maximum absolute atomic E-state index is 11.7. The molecule has 0 saturated heterocycles. The Morgan fingerprint density at radius 3 is 2.81 bits per heavy atom. The van der Waals surface area contributed by atoms with Gasteiger partial charge in [0.25, 0.3) is 5.91 Å². The van der Waals surface area contributed by atoms with Crippen molar-refractivity contribution in [2.45, 2.75) is 0 Å². The van der Waals surface area contributed by atoms with E-state index in [-0.39, 0.29) is 57.3 Å². The summed E-state index contributed by atoms with van der Waals surface area (Å²) in [7, 11) is 4.66. The minimum Gasteiger partial charge on any atom is -0.691 e. The smallest absolute Gasteiger partial charge is 0.691 e. The summed E-state index contributed by atoms with van der Waals surface area (Å²) < 4.78 is 0.728. The molecule has 1 N–H and O–H groups in total. The van der Waals surface area contributed by atoms with Crippen LogP contribution in [0.4, 0.5) is 0 Å². The van der Waals surface area contributed by atoms with Gasteiger partial charge in [0.2, 0.25) is 0 Å². The third-order valence-corrected chi connectivity index (χ3v) is 3.36. The number of nitrogens with zero attached hydrogens (tertiary/aromatic N) is 2. The van der Waals surface area contributed by atoms with Crippen LogP contribution in [0.5, 0.6) is 0 Å². The van der Waals surface area contributed by atoms with Gasteiger partial charge in [-0.25, -0.2) is 5.06 Å². The fourth-order valence-corrected chi connectivity index (χ4v) is 2.44. The molecule has 1 aliphatic heterocycles. The molecule has 0 saturated carbocycles. The van der Waals surface area contributed by atoms with Gasteiger partial charge in [0.05, 0.1) is 16.0 Å². The third kappa shape index (κ3) is 4.34. The summed E-state index contributed by atoms with van der Waals surface area (Å²) in [5.41, 5.74) is 0.458. The Bertz CT molecular complexity index is 335. The van der Waals surface area contributed by atoms with Crippen LogP contribution in [0.15, 0.2) is 20.7 Å². The number of hydrogen-bond donors (Lipinski definition) is 1. The first-order valence-corrected chi connectivity index (χ1v) is 5.67. The molecule has 0 aliphatic carbocycles. The van der Waals surface area contributed by atoms with Crippen LogP contribution in [0.3, 0.4) is 0 Å². The van der Waals surface area contributed by atoms with Crippen LogP contribution in [0.2, 0.25) is 0 Å². The van der Waals surface area contributed by atoms with Crippen molar-refractivity contribution in [3.63, 3.8) is 0 Å². The normalized spacial score (nSPS) is 16.9. The Morgan fingerprint density at radius 2 is 2.31 bits per heavy atom. The molecule has 1 amide bonds. The van der Waals surface area contributed by atoms with E-state index >= 15 is 0 Å². The first-order valence-electron chi connectivity index (χ1n) is 4.06. The molecule has 84 valence electrons. The number of likely N-dealkylation sites (N-methyl/N-ethyl adjacent to an activating group) is 1. The number of halogens is 1. The van der Waals surface area contributed by atoms with E-state index in [1.807, 2.05) is 0 Å². The first kappa shape index (κ1) is 17.0. The molecule has 1 rings (SSSR count). The molecule has 5 nitrogen and oxygen atoms in total. The Balaban J connectivity index is 0.00000225.